The van der Waals surface area contributed by atoms with Crippen LogP contribution in [0.2, 0.25) is 0 Å². The van der Waals surface area contributed by atoms with Gasteiger partial charge in [-0.25, -0.2) is 4.99 Å². The summed E-state index contributed by atoms with van der Waals surface area (Å²) in [6, 6.07) is 13.3. The molecule has 2 aliphatic rings. The molecular formula is C29H40N4O2. The number of fused-ring (bicyclic) bond motifs is 1. The molecule has 0 saturated carbocycles. The molecule has 6 nitrogen and oxygen atoms in total. The van der Waals surface area contributed by atoms with E-state index in [1.54, 1.807) is 24.1 Å². The molecule has 0 unspecified atom stereocenters. The number of carbonyl (C=O) groups is 2. The van der Waals surface area contributed by atoms with E-state index in [-0.39, 0.29) is 5.91 Å². The maximum atomic E-state index is 12.7. The number of carbonyl (C=O) groups excluding carboxylic acids is 2. The highest BCUT2D eigenvalue weighted by Crippen LogP contribution is 2.32. The number of nitrogens with zero attached hydrogens (tertiary/aromatic N) is 3. The number of nitrogens with two attached hydrogens (primary N) is 1. The van der Waals surface area contributed by atoms with Gasteiger partial charge in [-0.3, -0.25) is 9.59 Å². The van der Waals surface area contributed by atoms with E-state index < -0.39 is 0 Å². The highest BCUT2D eigenvalue weighted by Gasteiger charge is 2.19. The zero-order valence-corrected chi connectivity index (χ0v) is 21.9. The number of likely N-dealkylation sites (tertiary alicyclic amines) is 1. The number of aliphatic imine (C=N–C) groups is 1. The first-order chi connectivity index (χ1) is 16.9. The maximum absolute atomic E-state index is 12.7. The van der Waals surface area contributed by atoms with Gasteiger partial charge in [-0.15, -0.1) is 0 Å². The number of amidine groups is 1. The standard InChI is InChI=1S/C22H23N3O2.C5H11N.C2H6/c1-3-10-25(2)22(27)19-11-18-9-8-17(12-20(18)24-21(23)13-19)16-6-4-15(14-26)5-7-16;1-6-4-2-3-5-6;1-2/h4-9,11-12,14H,3,10,13H2,1-2H3,(H2,23,24);2-5H2,1H3;1-2H3. The van der Waals surface area contributed by atoms with Crippen LogP contribution < -0.4 is 5.73 Å². The number of hydrogen-bond donors (Lipinski definition) is 1. The zero-order valence-electron chi connectivity index (χ0n) is 21.9. The maximum Gasteiger partial charge on any atom is 0.249 e. The van der Waals surface area contributed by atoms with Crippen molar-refractivity contribution >= 4 is 29.8 Å². The third-order valence-corrected chi connectivity index (χ3v) is 5.89. The summed E-state index contributed by atoms with van der Waals surface area (Å²) in [6.45, 7) is 9.38. The molecule has 188 valence electrons. The lowest BCUT2D eigenvalue weighted by Gasteiger charge is -2.17. The van der Waals surface area contributed by atoms with Crippen LogP contribution in [-0.4, -0.2) is 61.6 Å². The van der Waals surface area contributed by atoms with Crippen molar-refractivity contribution in [3.05, 3.63) is 59.2 Å². The second-order valence-electron chi connectivity index (χ2n) is 8.70. The lowest BCUT2D eigenvalue weighted by atomic mass is 10.00. The van der Waals surface area contributed by atoms with Crippen LogP contribution in [0.5, 0.6) is 0 Å². The first-order valence-electron chi connectivity index (χ1n) is 12.6. The van der Waals surface area contributed by atoms with Gasteiger partial charge in [0.05, 0.1) is 5.69 Å². The highest BCUT2D eigenvalue weighted by molar-refractivity contribution is 6.05. The number of likely N-dealkylation sites (N-methyl/N-ethyl adjacent to an activating group) is 1. The van der Waals surface area contributed by atoms with Crippen LogP contribution in [0.4, 0.5) is 5.69 Å². The van der Waals surface area contributed by atoms with E-state index in [0.29, 0.717) is 29.9 Å². The fourth-order valence-corrected chi connectivity index (χ4v) is 4.02. The minimum absolute atomic E-state index is 0.0172. The summed E-state index contributed by atoms with van der Waals surface area (Å²) in [4.78, 5) is 32.1. The summed E-state index contributed by atoms with van der Waals surface area (Å²) in [5.74, 6) is 0.406. The highest BCUT2D eigenvalue weighted by atomic mass is 16.2. The molecule has 0 spiro atoms. The lowest BCUT2D eigenvalue weighted by molar-refractivity contribution is -0.125. The van der Waals surface area contributed by atoms with Gasteiger partial charge in [0.2, 0.25) is 5.91 Å². The summed E-state index contributed by atoms with van der Waals surface area (Å²) in [6.07, 6.45) is 6.77. The average Bonchev–Trinajstić information content (AvgIpc) is 3.29. The van der Waals surface area contributed by atoms with Crippen molar-refractivity contribution < 1.29 is 9.59 Å². The van der Waals surface area contributed by atoms with E-state index in [1.165, 1.54) is 25.9 Å². The van der Waals surface area contributed by atoms with Crippen molar-refractivity contribution in [1.29, 1.82) is 0 Å². The largest absolute Gasteiger partial charge is 0.387 e. The molecule has 0 radical (unpaired) electrons. The van der Waals surface area contributed by atoms with Gasteiger partial charge < -0.3 is 15.5 Å². The molecule has 0 aromatic heterocycles. The van der Waals surface area contributed by atoms with Crippen LogP contribution in [0.1, 0.15) is 62.4 Å². The number of amides is 1. The summed E-state index contributed by atoms with van der Waals surface area (Å²) in [5.41, 5.74) is 10.9. The fourth-order valence-electron chi connectivity index (χ4n) is 4.02. The van der Waals surface area contributed by atoms with Gasteiger partial charge in [-0.05, 0) is 62.7 Å². The lowest BCUT2D eigenvalue weighted by Crippen LogP contribution is -2.30. The Morgan fingerprint density at radius 1 is 1.09 bits per heavy atom. The third kappa shape index (κ3) is 8.18. The molecule has 1 amide bonds. The van der Waals surface area contributed by atoms with Crippen LogP contribution in [-0.2, 0) is 4.79 Å². The Balaban J connectivity index is 0.000000463. The number of aldehydes is 1. The molecule has 1 saturated heterocycles. The van der Waals surface area contributed by atoms with Gasteiger partial charge in [0.1, 0.15) is 12.1 Å². The molecule has 2 aliphatic heterocycles. The van der Waals surface area contributed by atoms with Gasteiger partial charge in [-0.2, -0.15) is 0 Å². The number of rotatable bonds is 5. The Morgan fingerprint density at radius 3 is 2.26 bits per heavy atom. The topological polar surface area (TPSA) is 79.0 Å². The van der Waals surface area contributed by atoms with E-state index in [0.717, 1.165) is 35.1 Å². The predicted molar refractivity (Wildman–Crippen MR) is 147 cm³/mol. The van der Waals surface area contributed by atoms with Crippen molar-refractivity contribution in [2.75, 3.05) is 33.7 Å². The summed E-state index contributed by atoms with van der Waals surface area (Å²) >= 11 is 0. The first-order valence-corrected chi connectivity index (χ1v) is 12.6. The number of benzene rings is 2. The van der Waals surface area contributed by atoms with Crippen LogP contribution in [0.25, 0.3) is 17.2 Å². The Morgan fingerprint density at radius 2 is 1.71 bits per heavy atom. The van der Waals surface area contributed by atoms with Crippen LogP contribution in [0, 0.1) is 0 Å². The normalized spacial score (nSPS) is 14.7. The van der Waals surface area contributed by atoms with Crippen LogP contribution in [0.3, 0.4) is 0 Å². The van der Waals surface area contributed by atoms with E-state index >= 15 is 0 Å². The Bertz CT molecular complexity index is 1040. The number of hydrogen-bond acceptors (Lipinski definition) is 5. The van der Waals surface area contributed by atoms with Gasteiger partial charge in [0.25, 0.3) is 0 Å². The molecule has 0 atom stereocenters. The predicted octanol–water partition coefficient (Wildman–Crippen LogP) is 5.55. The molecule has 2 heterocycles. The molecule has 0 bridgehead atoms. The molecule has 1 fully saturated rings. The summed E-state index contributed by atoms with van der Waals surface area (Å²) < 4.78 is 0. The van der Waals surface area contributed by atoms with Crippen molar-refractivity contribution in [2.45, 2.75) is 46.5 Å². The zero-order chi connectivity index (χ0) is 25.8. The minimum atomic E-state index is -0.0172. The average molecular weight is 477 g/mol. The molecular weight excluding hydrogens is 436 g/mol. The molecule has 2 aromatic rings. The molecule has 0 aliphatic carbocycles. The van der Waals surface area contributed by atoms with E-state index in [9.17, 15) is 9.59 Å². The van der Waals surface area contributed by atoms with Crippen molar-refractivity contribution in [3.8, 4) is 11.1 Å². The van der Waals surface area contributed by atoms with Crippen LogP contribution in [0.15, 0.2) is 53.0 Å². The quantitative estimate of drug-likeness (QED) is 0.574. The second kappa shape index (κ2) is 14.2. The van der Waals surface area contributed by atoms with E-state index in [1.807, 2.05) is 57.2 Å². The SMILES string of the molecule is CC.CCCN(C)C(=O)C1=Cc2ccc(-c3ccc(C=O)cc3)cc2N=C(N)C1.CN1CCCC1. The monoisotopic (exact) mass is 476 g/mol. The molecule has 4 rings (SSSR count). The van der Waals surface area contributed by atoms with Crippen LogP contribution >= 0.6 is 0 Å². The third-order valence-electron chi connectivity index (χ3n) is 5.89. The molecule has 2 N–H and O–H groups in total. The van der Waals surface area contributed by atoms with E-state index in [4.69, 9.17) is 5.73 Å². The van der Waals surface area contributed by atoms with Gasteiger partial charge in [0.15, 0.2) is 0 Å². The minimum Gasteiger partial charge on any atom is -0.387 e. The first kappa shape index (κ1) is 28.0. The van der Waals surface area contributed by atoms with Crippen molar-refractivity contribution in [3.63, 3.8) is 0 Å². The fraction of sp³-hybridized carbons (Fsp3) is 0.414. The van der Waals surface area contributed by atoms with Gasteiger partial charge in [-0.1, -0.05) is 57.2 Å². The van der Waals surface area contributed by atoms with Crippen molar-refractivity contribution in [1.82, 2.24) is 9.80 Å². The summed E-state index contributed by atoms with van der Waals surface area (Å²) in [5, 5.41) is 0. The second-order valence-corrected chi connectivity index (χ2v) is 8.70. The Hall–Kier alpha value is -3.25. The smallest absolute Gasteiger partial charge is 0.249 e. The molecule has 2 aromatic carbocycles. The summed E-state index contributed by atoms with van der Waals surface area (Å²) in [7, 11) is 3.98. The van der Waals surface area contributed by atoms with Gasteiger partial charge in [0, 0.05) is 36.7 Å². The Kier molecular flexibility index (Phi) is 11.4. The van der Waals surface area contributed by atoms with E-state index in [2.05, 4.69) is 16.9 Å². The van der Waals surface area contributed by atoms with Gasteiger partial charge >= 0.3 is 0 Å². The van der Waals surface area contributed by atoms with Crippen molar-refractivity contribution in [2.24, 2.45) is 10.7 Å². The molecule has 35 heavy (non-hydrogen) atoms. The molecule has 6 heteroatoms. The Labute approximate surface area is 210 Å².